The van der Waals surface area contributed by atoms with Gasteiger partial charge in [0.05, 0.1) is 17.5 Å². The van der Waals surface area contributed by atoms with Crippen LogP contribution in [0, 0.1) is 0 Å². The van der Waals surface area contributed by atoms with Gasteiger partial charge in [-0.15, -0.1) is 0 Å². The van der Waals surface area contributed by atoms with Gasteiger partial charge in [0.2, 0.25) is 10.0 Å². The molecule has 0 radical (unpaired) electrons. The van der Waals surface area contributed by atoms with E-state index in [-0.39, 0.29) is 17.4 Å². The van der Waals surface area contributed by atoms with Crippen molar-refractivity contribution in [1.29, 1.82) is 0 Å². The first-order valence-electron chi connectivity index (χ1n) is 7.59. The summed E-state index contributed by atoms with van der Waals surface area (Å²) < 4.78 is 26.8. The summed E-state index contributed by atoms with van der Waals surface area (Å²) in [4.78, 5) is 12.0. The molecule has 1 aliphatic carbocycles. The maximum absolute atomic E-state index is 12.0. The maximum atomic E-state index is 12.0. The summed E-state index contributed by atoms with van der Waals surface area (Å²) in [5.41, 5.74) is 0.911. The van der Waals surface area contributed by atoms with E-state index >= 15 is 0 Å². The molecule has 1 saturated heterocycles. The van der Waals surface area contributed by atoms with Crippen molar-refractivity contribution in [2.45, 2.75) is 44.6 Å². The van der Waals surface area contributed by atoms with Crippen molar-refractivity contribution >= 4 is 10.0 Å². The van der Waals surface area contributed by atoms with Gasteiger partial charge in [-0.2, -0.15) is 5.10 Å². The second-order valence-corrected chi connectivity index (χ2v) is 8.10. The first-order chi connectivity index (χ1) is 10.0. The Morgan fingerprint density at radius 3 is 2.43 bits per heavy atom. The SMILES string of the molecule is CCS(=O)(=O)N1CCC(n2nc(C3CC3)ccc2=O)CC1. The molecule has 0 N–H and O–H groups in total. The van der Waals surface area contributed by atoms with Crippen LogP contribution in [0.3, 0.4) is 0 Å². The van der Waals surface area contributed by atoms with Gasteiger partial charge in [-0.05, 0) is 38.7 Å². The van der Waals surface area contributed by atoms with E-state index in [1.807, 2.05) is 6.07 Å². The Morgan fingerprint density at radius 2 is 1.86 bits per heavy atom. The van der Waals surface area contributed by atoms with Gasteiger partial charge in [0.25, 0.3) is 5.56 Å². The van der Waals surface area contributed by atoms with Crippen molar-refractivity contribution in [2.75, 3.05) is 18.8 Å². The zero-order valence-corrected chi connectivity index (χ0v) is 13.1. The summed E-state index contributed by atoms with van der Waals surface area (Å²) in [6.07, 6.45) is 3.61. The molecular weight excluding hydrogens is 290 g/mol. The molecule has 21 heavy (non-hydrogen) atoms. The largest absolute Gasteiger partial charge is 0.268 e. The quantitative estimate of drug-likeness (QED) is 0.835. The molecule has 0 unspecified atom stereocenters. The monoisotopic (exact) mass is 311 g/mol. The Bertz CT molecular complexity index is 671. The van der Waals surface area contributed by atoms with Crippen molar-refractivity contribution in [3.63, 3.8) is 0 Å². The molecule has 0 amide bonds. The summed E-state index contributed by atoms with van der Waals surface area (Å²) in [5, 5.41) is 4.50. The van der Waals surface area contributed by atoms with Crippen LogP contribution in [0.15, 0.2) is 16.9 Å². The minimum Gasteiger partial charge on any atom is -0.268 e. The van der Waals surface area contributed by atoms with Gasteiger partial charge < -0.3 is 0 Å². The van der Waals surface area contributed by atoms with Crippen molar-refractivity contribution in [3.05, 3.63) is 28.2 Å². The molecule has 1 aliphatic heterocycles. The fourth-order valence-corrected chi connectivity index (χ4v) is 3.98. The van der Waals surface area contributed by atoms with Crippen LogP contribution in [0.25, 0.3) is 0 Å². The Balaban J connectivity index is 1.75. The number of sulfonamides is 1. The van der Waals surface area contributed by atoms with Gasteiger partial charge in [0, 0.05) is 25.1 Å². The van der Waals surface area contributed by atoms with Gasteiger partial charge in [-0.25, -0.2) is 17.4 Å². The number of nitrogens with zero attached hydrogens (tertiary/aromatic N) is 3. The highest BCUT2D eigenvalue weighted by molar-refractivity contribution is 7.89. The van der Waals surface area contributed by atoms with Crippen molar-refractivity contribution in [2.24, 2.45) is 0 Å². The lowest BCUT2D eigenvalue weighted by Crippen LogP contribution is -2.42. The zero-order valence-electron chi connectivity index (χ0n) is 12.2. The van der Waals surface area contributed by atoms with Crippen LogP contribution in [0.2, 0.25) is 0 Å². The molecule has 6 nitrogen and oxygen atoms in total. The zero-order chi connectivity index (χ0) is 15.0. The minimum absolute atomic E-state index is 0.0134. The molecule has 0 aromatic carbocycles. The van der Waals surface area contributed by atoms with Gasteiger partial charge in [0.1, 0.15) is 0 Å². The van der Waals surface area contributed by atoms with Crippen LogP contribution >= 0.6 is 0 Å². The molecule has 7 heteroatoms. The maximum Gasteiger partial charge on any atom is 0.267 e. The molecule has 1 aromatic heterocycles. The first-order valence-corrected chi connectivity index (χ1v) is 9.20. The predicted octanol–water partition coefficient (Wildman–Crippen LogP) is 1.11. The number of hydrogen-bond donors (Lipinski definition) is 0. The van der Waals surface area contributed by atoms with E-state index in [9.17, 15) is 13.2 Å². The Kier molecular flexibility index (Phi) is 3.88. The Morgan fingerprint density at radius 1 is 1.19 bits per heavy atom. The van der Waals surface area contributed by atoms with E-state index in [0.29, 0.717) is 31.8 Å². The van der Waals surface area contributed by atoms with Crippen molar-refractivity contribution in [1.82, 2.24) is 14.1 Å². The summed E-state index contributed by atoms with van der Waals surface area (Å²) >= 11 is 0. The average molecular weight is 311 g/mol. The number of piperidine rings is 1. The molecule has 1 saturated carbocycles. The molecular formula is C14H21N3O3S. The average Bonchev–Trinajstić information content (AvgIpc) is 3.33. The first kappa shape index (κ1) is 14.7. The second-order valence-electron chi connectivity index (χ2n) is 5.85. The smallest absolute Gasteiger partial charge is 0.267 e. The summed E-state index contributed by atoms with van der Waals surface area (Å²) in [7, 11) is -3.12. The summed E-state index contributed by atoms with van der Waals surface area (Å²) in [6.45, 7) is 2.61. The van der Waals surface area contributed by atoms with Crippen molar-refractivity contribution in [3.8, 4) is 0 Å². The van der Waals surface area contributed by atoms with Crippen LogP contribution in [0.4, 0.5) is 0 Å². The van der Waals surface area contributed by atoms with Crippen LogP contribution in [-0.4, -0.2) is 41.3 Å². The molecule has 1 aromatic rings. The fraction of sp³-hybridized carbons (Fsp3) is 0.714. The van der Waals surface area contributed by atoms with E-state index in [1.165, 1.54) is 4.31 Å². The number of rotatable bonds is 4. The molecule has 116 valence electrons. The van der Waals surface area contributed by atoms with Gasteiger partial charge in [-0.3, -0.25) is 4.79 Å². The van der Waals surface area contributed by atoms with Crippen LogP contribution < -0.4 is 5.56 Å². The predicted molar refractivity (Wildman–Crippen MR) is 79.8 cm³/mol. The molecule has 3 rings (SSSR count). The third-order valence-electron chi connectivity index (χ3n) is 4.37. The van der Waals surface area contributed by atoms with Gasteiger partial charge >= 0.3 is 0 Å². The van der Waals surface area contributed by atoms with E-state index < -0.39 is 10.0 Å². The standard InChI is InChI=1S/C14H21N3O3S/c1-2-21(19,20)16-9-7-12(8-10-16)17-14(18)6-5-13(15-17)11-3-4-11/h5-6,11-12H,2-4,7-10H2,1H3. The van der Waals surface area contributed by atoms with Crippen LogP contribution in [-0.2, 0) is 10.0 Å². The fourth-order valence-electron chi connectivity index (χ4n) is 2.85. The molecule has 2 aliphatic rings. The third kappa shape index (κ3) is 3.03. The van der Waals surface area contributed by atoms with Gasteiger partial charge in [0.15, 0.2) is 0 Å². The van der Waals surface area contributed by atoms with Crippen LogP contribution in [0.5, 0.6) is 0 Å². The Hall–Kier alpha value is -1.21. The van der Waals surface area contributed by atoms with E-state index in [2.05, 4.69) is 5.10 Å². The molecule has 2 heterocycles. The highest BCUT2D eigenvalue weighted by Crippen LogP contribution is 2.38. The lowest BCUT2D eigenvalue weighted by molar-refractivity contribution is 0.254. The second kappa shape index (κ2) is 5.53. The highest BCUT2D eigenvalue weighted by atomic mass is 32.2. The number of aromatic nitrogens is 2. The third-order valence-corrected chi connectivity index (χ3v) is 6.25. The minimum atomic E-state index is -3.12. The molecule has 0 atom stereocenters. The summed E-state index contributed by atoms with van der Waals surface area (Å²) in [6, 6.07) is 3.43. The van der Waals surface area contributed by atoms with Crippen molar-refractivity contribution < 1.29 is 8.42 Å². The lowest BCUT2D eigenvalue weighted by Gasteiger charge is -2.31. The van der Waals surface area contributed by atoms with E-state index in [1.54, 1.807) is 17.7 Å². The topological polar surface area (TPSA) is 72.3 Å². The van der Waals surface area contributed by atoms with Gasteiger partial charge in [-0.1, -0.05) is 0 Å². The highest BCUT2D eigenvalue weighted by Gasteiger charge is 2.30. The van der Waals surface area contributed by atoms with Crippen LogP contribution in [0.1, 0.15) is 50.3 Å². The lowest BCUT2D eigenvalue weighted by atomic mass is 10.1. The Labute approximate surface area is 124 Å². The van der Waals surface area contributed by atoms with E-state index in [0.717, 1.165) is 18.5 Å². The van der Waals surface area contributed by atoms with E-state index in [4.69, 9.17) is 0 Å². The number of hydrogen-bond acceptors (Lipinski definition) is 4. The normalized spacial score (nSPS) is 21.6. The molecule has 0 bridgehead atoms. The summed E-state index contributed by atoms with van der Waals surface area (Å²) in [5.74, 6) is 0.643. The molecule has 2 fully saturated rings. The molecule has 0 spiro atoms.